The van der Waals surface area contributed by atoms with Crippen molar-refractivity contribution in [2.24, 2.45) is 0 Å². The molecule has 0 heterocycles. The lowest BCUT2D eigenvalue weighted by Crippen LogP contribution is -2.60. The van der Waals surface area contributed by atoms with Crippen LogP contribution in [0.5, 0.6) is 0 Å². The summed E-state index contributed by atoms with van der Waals surface area (Å²) in [6.07, 6.45) is 0.599. The molecule has 0 unspecified atom stereocenters. The molecule has 0 atom stereocenters. The van der Waals surface area contributed by atoms with Crippen LogP contribution in [0.3, 0.4) is 0 Å². The average Bonchev–Trinajstić information content (AvgIpc) is 2.43. The van der Waals surface area contributed by atoms with Gasteiger partial charge in [0.05, 0.1) is 14.8 Å². The Balaban J connectivity index is 3.73. The summed E-state index contributed by atoms with van der Waals surface area (Å²) in [6.45, 7) is 0. The van der Waals surface area contributed by atoms with Crippen LogP contribution in [0.4, 0.5) is 26.3 Å². The van der Waals surface area contributed by atoms with E-state index in [4.69, 9.17) is 16.2 Å². The van der Waals surface area contributed by atoms with Crippen molar-refractivity contribution in [2.45, 2.75) is 26.2 Å². The second kappa shape index (κ2) is 6.47. The first-order valence-electron chi connectivity index (χ1n) is 5.97. The van der Waals surface area contributed by atoms with Gasteiger partial charge in [0, 0.05) is 6.26 Å². The van der Waals surface area contributed by atoms with Crippen LogP contribution in [0.1, 0.15) is 0 Å². The summed E-state index contributed by atoms with van der Waals surface area (Å²) in [5.74, 6) is -7.13. The van der Waals surface area contributed by atoms with Crippen LogP contribution in [-0.2, 0) is 29.8 Å². The first-order valence-corrected chi connectivity index (χ1v) is 11.2. The van der Waals surface area contributed by atoms with Gasteiger partial charge >= 0.3 is 26.5 Å². The van der Waals surface area contributed by atoms with E-state index in [9.17, 15) is 51.6 Å². The van der Waals surface area contributed by atoms with Crippen molar-refractivity contribution in [3.05, 3.63) is 23.2 Å². The Morgan fingerprint density at radius 3 is 1.67 bits per heavy atom. The Morgan fingerprint density at radius 1 is 0.889 bits per heavy atom. The molecule has 0 aliphatic rings. The fourth-order valence-corrected chi connectivity index (χ4v) is 4.59. The molecule has 0 aliphatic carbocycles. The molecule has 7 nitrogen and oxygen atoms in total. The standard InChI is InChI=1S/C10H7ClF6O7S3/c1-25(18,19)5-2-3-7(6(11)4-5)26(20,21)9(14,15)8(12,13)10(16,17)27(22,23)24/h2-4H,1H3,(H,22,23,24). The number of halogens is 7. The van der Waals surface area contributed by atoms with Crippen LogP contribution in [0, 0.1) is 0 Å². The third-order valence-electron chi connectivity index (χ3n) is 3.01. The van der Waals surface area contributed by atoms with Gasteiger partial charge in [-0.05, 0) is 18.2 Å². The highest BCUT2D eigenvalue weighted by Gasteiger charge is 2.82. The zero-order chi connectivity index (χ0) is 21.9. The largest absolute Gasteiger partial charge is 0.439 e. The van der Waals surface area contributed by atoms with Gasteiger partial charge < -0.3 is 0 Å². The van der Waals surface area contributed by atoms with Crippen molar-refractivity contribution < 1.29 is 56.1 Å². The van der Waals surface area contributed by atoms with Gasteiger partial charge in [-0.3, -0.25) is 4.55 Å². The normalized spacial score (nSPS) is 15.0. The summed E-state index contributed by atoms with van der Waals surface area (Å²) in [4.78, 5) is -2.60. The van der Waals surface area contributed by atoms with E-state index in [0.717, 1.165) is 0 Å². The van der Waals surface area contributed by atoms with Crippen LogP contribution in [-0.4, -0.2) is 52.5 Å². The predicted molar refractivity (Wildman–Crippen MR) is 78.1 cm³/mol. The molecule has 0 spiro atoms. The Morgan fingerprint density at radius 2 is 1.33 bits per heavy atom. The van der Waals surface area contributed by atoms with Gasteiger partial charge in [0.25, 0.3) is 9.84 Å². The number of alkyl halides is 6. The lowest BCUT2D eigenvalue weighted by atomic mass is 10.3. The van der Waals surface area contributed by atoms with Crippen LogP contribution < -0.4 is 0 Å². The van der Waals surface area contributed by atoms with Gasteiger partial charge in [-0.25, -0.2) is 16.8 Å². The Bertz CT molecular complexity index is 1080. The predicted octanol–water partition coefficient (Wildman–Crippen LogP) is 2.23. The maximum Gasteiger partial charge on any atom is 0.439 e. The van der Waals surface area contributed by atoms with Crippen molar-refractivity contribution in [3.8, 4) is 0 Å². The number of hydrogen-bond acceptors (Lipinski definition) is 6. The second-order valence-electron chi connectivity index (χ2n) is 4.95. The topological polar surface area (TPSA) is 123 Å². The van der Waals surface area contributed by atoms with Crippen molar-refractivity contribution in [2.75, 3.05) is 6.26 Å². The summed E-state index contributed by atoms with van der Waals surface area (Å²) in [7, 11) is -18.0. The zero-order valence-corrected chi connectivity index (χ0v) is 15.7. The number of hydrogen-bond donors (Lipinski definition) is 1. The molecule has 27 heavy (non-hydrogen) atoms. The monoisotopic (exact) mass is 484 g/mol. The quantitative estimate of drug-likeness (QED) is 0.485. The van der Waals surface area contributed by atoms with Crippen LogP contribution in [0.2, 0.25) is 5.02 Å². The first-order chi connectivity index (χ1) is 11.6. The number of rotatable bonds is 6. The molecule has 0 amide bonds. The van der Waals surface area contributed by atoms with Gasteiger partial charge in [0.15, 0.2) is 9.84 Å². The minimum Gasteiger partial charge on any atom is -0.281 e. The maximum absolute atomic E-state index is 13.8. The third kappa shape index (κ3) is 3.64. The molecule has 0 radical (unpaired) electrons. The Hall–Kier alpha value is -1.10. The molecule has 0 saturated heterocycles. The smallest absolute Gasteiger partial charge is 0.281 e. The minimum atomic E-state index is -7.16. The zero-order valence-electron chi connectivity index (χ0n) is 12.5. The van der Waals surface area contributed by atoms with Crippen LogP contribution in [0.25, 0.3) is 0 Å². The highest BCUT2D eigenvalue weighted by atomic mass is 35.5. The van der Waals surface area contributed by atoms with Gasteiger partial charge in [-0.1, -0.05) is 11.6 Å². The highest BCUT2D eigenvalue weighted by Crippen LogP contribution is 2.52. The van der Waals surface area contributed by atoms with Crippen LogP contribution in [0.15, 0.2) is 28.0 Å². The number of sulfone groups is 2. The minimum absolute atomic E-state index is 0.0314. The fourth-order valence-electron chi connectivity index (χ4n) is 1.57. The lowest BCUT2D eigenvalue weighted by molar-refractivity contribution is -0.245. The SMILES string of the molecule is CS(=O)(=O)c1ccc(S(=O)(=O)C(F)(F)C(F)(F)C(F)(F)S(=O)(=O)O)c(Cl)c1. The van der Waals surface area contributed by atoms with Gasteiger partial charge in [-0.2, -0.15) is 34.8 Å². The summed E-state index contributed by atoms with van der Waals surface area (Å²) < 4.78 is 156. The molecule has 1 rings (SSSR count). The number of benzene rings is 1. The maximum atomic E-state index is 13.8. The lowest BCUT2D eigenvalue weighted by Gasteiger charge is -2.30. The molecular weight excluding hydrogens is 478 g/mol. The van der Waals surface area contributed by atoms with Crippen molar-refractivity contribution in [1.82, 2.24) is 0 Å². The van der Waals surface area contributed by atoms with E-state index in [1.165, 1.54) is 0 Å². The van der Waals surface area contributed by atoms with E-state index in [2.05, 4.69) is 0 Å². The molecule has 1 N–H and O–H groups in total. The third-order valence-corrected chi connectivity index (χ3v) is 7.32. The summed E-state index contributed by atoms with van der Waals surface area (Å²) >= 11 is 5.30. The fraction of sp³-hybridized carbons (Fsp3) is 0.400. The molecule has 156 valence electrons. The summed E-state index contributed by atoms with van der Waals surface area (Å²) in [6, 6.07) is 0.672. The summed E-state index contributed by atoms with van der Waals surface area (Å²) in [5, 5.41) is -15.0. The second-order valence-corrected chi connectivity index (χ2v) is 10.8. The summed E-state index contributed by atoms with van der Waals surface area (Å²) in [5.41, 5.74) is 0. The molecule has 17 heteroatoms. The molecule has 0 aliphatic heterocycles. The molecule has 1 aromatic rings. The highest BCUT2D eigenvalue weighted by molar-refractivity contribution is 7.93. The van der Waals surface area contributed by atoms with Crippen molar-refractivity contribution in [1.29, 1.82) is 0 Å². The first kappa shape index (κ1) is 23.9. The average molecular weight is 485 g/mol. The van der Waals surface area contributed by atoms with Gasteiger partial charge in [0.1, 0.15) is 0 Å². The van der Waals surface area contributed by atoms with E-state index < -0.39 is 61.0 Å². The Kier molecular flexibility index (Phi) is 5.73. The van der Waals surface area contributed by atoms with E-state index in [1.807, 2.05) is 0 Å². The molecule has 1 aromatic carbocycles. The van der Waals surface area contributed by atoms with E-state index in [0.29, 0.717) is 12.3 Å². The van der Waals surface area contributed by atoms with E-state index in [1.54, 1.807) is 0 Å². The van der Waals surface area contributed by atoms with Crippen molar-refractivity contribution >= 4 is 41.4 Å². The van der Waals surface area contributed by atoms with E-state index >= 15 is 0 Å². The van der Waals surface area contributed by atoms with Crippen molar-refractivity contribution in [3.63, 3.8) is 0 Å². The van der Waals surface area contributed by atoms with Gasteiger partial charge in [-0.15, -0.1) is 0 Å². The molecule has 0 fully saturated rings. The molecule has 0 saturated carbocycles. The molecule has 0 bridgehead atoms. The van der Waals surface area contributed by atoms with E-state index in [-0.39, 0.29) is 12.1 Å². The van der Waals surface area contributed by atoms with Crippen LogP contribution >= 0.6 is 11.6 Å². The van der Waals surface area contributed by atoms with Gasteiger partial charge in [0.2, 0.25) is 0 Å². The molecule has 0 aromatic heterocycles. The Labute approximate surface area is 153 Å². The molecular formula is C10H7ClF6O7S3.